The van der Waals surface area contributed by atoms with Crippen molar-refractivity contribution in [2.45, 2.75) is 72.2 Å². The number of hydrogen-bond donors (Lipinski definition) is 1. The van der Waals surface area contributed by atoms with Crippen LogP contribution in [0.1, 0.15) is 47.8 Å². The van der Waals surface area contributed by atoms with Gasteiger partial charge in [0.1, 0.15) is 12.7 Å². The predicted octanol–water partition coefficient (Wildman–Crippen LogP) is -0.967. The molecular weight excluding hydrogens is 484 g/mol. The molecule has 0 saturated carbocycles. The molecule has 1 aliphatic rings. The molecule has 0 aromatic carbocycles. The van der Waals surface area contributed by atoms with Gasteiger partial charge in [0.15, 0.2) is 24.5 Å². The Labute approximate surface area is 205 Å². The van der Waals surface area contributed by atoms with Crippen LogP contribution in [0.2, 0.25) is 0 Å². The highest BCUT2D eigenvalue weighted by molar-refractivity contribution is 5.68. The van der Waals surface area contributed by atoms with Crippen LogP contribution in [-0.4, -0.2) is 82.5 Å². The zero-order valence-corrected chi connectivity index (χ0v) is 20.8. The summed E-state index contributed by atoms with van der Waals surface area (Å²) in [4.78, 5) is 80.0. The lowest BCUT2D eigenvalue weighted by Crippen LogP contribution is -2.62. The number of rotatable bonds is 9. The third kappa shape index (κ3) is 6.90. The smallest absolute Gasteiger partial charge is 0.352 e. The van der Waals surface area contributed by atoms with Crippen LogP contribution < -0.4 is 16.3 Å². The molecule has 1 saturated heterocycles. The molecule has 0 radical (unpaired) electrons. The zero-order chi connectivity index (χ0) is 27.2. The number of H-pyrrole nitrogens is 1. The van der Waals surface area contributed by atoms with Crippen molar-refractivity contribution >= 4 is 29.8 Å². The van der Waals surface area contributed by atoms with Gasteiger partial charge < -0.3 is 28.6 Å². The maximum Gasteiger partial charge on any atom is 0.352 e. The van der Waals surface area contributed by atoms with Crippen LogP contribution in [0.15, 0.2) is 9.59 Å². The average molecular weight is 514 g/mol. The van der Waals surface area contributed by atoms with Crippen LogP contribution in [0.4, 0.5) is 5.95 Å². The first-order valence-corrected chi connectivity index (χ1v) is 11.2. The van der Waals surface area contributed by atoms with E-state index in [1.54, 1.807) is 18.7 Å². The Hall–Kier alpha value is -3.75. The van der Waals surface area contributed by atoms with Gasteiger partial charge in [0, 0.05) is 40.8 Å². The van der Waals surface area contributed by atoms with Gasteiger partial charge in [-0.2, -0.15) is 4.98 Å². The molecule has 0 spiro atoms. The molecule has 1 aliphatic heterocycles. The number of nitrogens with one attached hydrogen (secondary N) is 1. The Morgan fingerprint density at radius 3 is 1.92 bits per heavy atom. The summed E-state index contributed by atoms with van der Waals surface area (Å²) in [6, 6.07) is 0. The second-order valence-corrected chi connectivity index (χ2v) is 7.78. The molecular formula is C21H30N4O11. The lowest BCUT2D eigenvalue weighted by molar-refractivity contribution is -0.269. The van der Waals surface area contributed by atoms with E-state index in [-0.39, 0.29) is 5.95 Å². The third-order valence-electron chi connectivity index (χ3n) is 5.12. The summed E-state index contributed by atoms with van der Waals surface area (Å²) in [5, 5.41) is 0. The van der Waals surface area contributed by atoms with Crippen molar-refractivity contribution in [3.05, 3.63) is 21.0 Å². The van der Waals surface area contributed by atoms with Crippen molar-refractivity contribution in [2.75, 3.05) is 24.6 Å². The van der Waals surface area contributed by atoms with E-state index in [9.17, 15) is 28.8 Å². The Morgan fingerprint density at radius 2 is 1.42 bits per heavy atom. The highest BCUT2D eigenvalue weighted by atomic mass is 16.7. The molecule has 200 valence electrons. The second-order valence-electron chi connectivity index (χ2n) is 7.78. The topological polar surface area (TPSA) is 185 Å². The van der Waals surface area contributed by atoms with Gasteiger partial charge in [-0.25, -0.2) is 14.2 Å². The van der Waals surface area contributed by atoms with E-state index in [0.717, 1.165) is 32.3 Å². The summed E-state index contributed by atoms with van der Waals surface area (Å²) in [6.45, 7) is 8.10. The van der Waals surface area contributed by atoms with Crippen molar-refractivity contribution in [3.8, 4) is 0 Å². The fourth-order valence-electron chi connectivity index (χ4n) is 3.79. The van der Waals surface area contributed by atoms with Gasteiger partial charge in [-0.1, -0.05) is 0 Å². The van der Waals surface area contributed by atoms with Gasteiger partial charge in [-0.05, 0) is 13.8 Å². The van der Waals surface area contributed by atoms with Gasteiger partial charge in [0.05, 0.1) is 0 Å². The number of carbonyl (C=O) groups is 4. The van der Waals surface area contributed by atoms with Crippen LogP contribution in [0.5, 0.6) is 0 Å². The van der Waals surface area contributed by atoms with E-state index < -0.39 is 72.5 Å². The van der Waals surface area contributed by atoms with Crippen LogP contribution in [0, 0.1) is 0 Å². The Morgan fingerprint density at radius 1 is 0.889 bits per heavy atom. The van der Waals surface area contributed by atoms with E-state index in [2.05, 4.69) is 4.98 Å². The minimum Gasteiger partial charge on any atom is -0.463 e. The standard InChI is InChI=1S/C21H30N4O11/c1-7-24(8-2)20-22-19(30)23-21(31)25(20)18-17(35-13(6)29)16(34-12(5)28)15(33-11(4)27)14(36-18)9-32-10(3)26/h14-18H,7-9H2,1-6H3,(H,23,30,31)/t14-,15-,16+,17-,18-/m1/s1. The van der Waals surface area contributed by atoms with Gasteiger partial charge in [-0.3, -0.25) is 24.2 Å². The van der Waals surface area contributed by atoms with E-state index in [1.165, 1.54) is 0 Å². The summed E-state index contributed by atoms with van der Waals surface area (Å²) >= 11 is 0. The molecule has 0 unspecified atom stereocenters. The summed E-state index contributed by atoms with van der Waals surface area (Å²) in [5.41, 5.74) is -1.89. The van der Waals surface area contributed by atoms with E-state index in [0.29, 0.717) is 13.1 Å². The molecule has 0 bridgehead atoms. The van der Waals surface area contributed by atoms with Crippen LogP contribution in [0.3, 0.4) is 0 Å². The molecule has 1 N–H and O–H groups in total. The quantitative estimate of drug-likeness (QED) is 0.314. The van der Waals surface area contributed by atoms with Crippen LogP contribution in [-0.2, 0) is 42.9 Å². The highest BCUT2D eigenvalue weighted by Crippen LogP contribution is 2.35. The normalized spacial score (nSPS) is 23.3. The minimum atomic E-state index is -1.54. The van der Waals surface area contributed by atoms with Crippen molar-refractivity contribution in [3.63, 3.8) is 0 Å². The van der Waals surface area contributed by atoms with E-state index in [1.807, 2.05) is 4.98 Å². The van der Waals surface area contributed by atoms with Crippen molar-refractivity contribution < 1.29 is 42.9 Å². The Kier molecular flexibility index (Phi) is 9.72. The third-order valence-corrected chi connectivity index (χ3v) is 5.12. The maximum absolute atomic E-state index is 13.0. The summed E-state index contributed by atoms with van der Waals surface area (Å²) in [6.07, 6.45) is -7.24. The van der Waals surface area contributed by atoms with Crippen molar-refractivity contribution in [2.24, 2.45) is 0 Å². The number of ether oxygens (including phenoxy) is 5. The van der Waals surface area contributed by atoms with E-state index in [4.69, 9.17) is 23.7 Å². The minimum absolute atomic E-state index is 0.116. The van der Waals surface area contributed by atoms with Gasteiger partial charge in [-0.15, -0.1) is 0 Å². The Bertz CT molecular complexity index is 1090. The van der Waals surface area contributed by atoms with Gasteiger partial charge >= 0.3 is 35.3 Å². The summed E-state index contributed by atoms with van der Waals surface area (Å²) in [7, 11) is 0. The first kappa shape index (κ1) is 28.5. The fourth-order valence-corrected chi connectivity index (χ4v) is 3.79. The maximum atomic E-state index is 13.0. The zero-order valence-electron chi connectivity index (χ0n) is 20.8. The van der Waals surface area contributed by atoms with E-state index >= 15 is 0 Å². The number of carbonyl (C=O) groups excluding carboxylic acids is 4. The lowest BCUT2D eigenvalue weighted by Gasteiger charge is -2.45. The van der Waals surface area contributed by atoms with Crippen molar-refractivity contribution in [1.82, 2.24) is 14.5 Å². The molecule has 15 nitrogen and oxygen atoms in total. The van der Waals surface area contributed by atoms with Crippen LogP contribution in [0.25, 0.3) is 0 Å². The molecule has 1 aromatic rings. The molecule has 2 heterocycles. The second kappa shape index (κ2) is 12.3. The first-order chi connectivity index (χ1) is 16.9. The number of aromatic amines is 1. The SMILES string of the molecule is CCN(CC)c1nc(=O)[nH]c(=O)n1[C@@H]1O[C@H](COC(C)=O)[C@@H](OC(C)=O)[C@H](OC(C)=O)[C@H]1OC(C)=O. The number of nitrogens with zero attached hydrogens (tertiary/aromatic N) is 3. The molecule has 1 fully saturated rings. The molecule has 2 rings (SSSR count). The fraction of sp³-hybridized carbons (Fsp3) is 0.667. The molecule has 0 amide bonds. The lowest BCUT2D eigenvalue weighted by atomic mass is 9.97. The average Bonchev–Trinajstić information content (AvgIpc) is 2.75. The predicted molar refractivity (Wildman–Crippen MR) is 120 cm³/mol. The number of esters is 4. The molecule has 0 aliphatic carbocycles. The van der Waals surface area contributed by atoms with Gasteiger partial charge in [0.2, 0.25) is 5.95 Å². The summed E-state index contributed by atoms with van der Waals surface area (Å²) in [5.74, 6) is -3.25. The Balaban J connectivity index is 2.79. The summed E-state index contributed by atoms with van der Waals surface area (Å²) < 4.78 is 28.1. The first-order valence-electron chi connectivity index (χ1n) is 11.2. The number of hydrogen-bond acceptors (Lipinski definition) is 13. The monoisotopic (exact) mass is 514 g/mol. The largest absolute Gasteiger partial charge is 0.463 e. The number of aromatic nitrogens is 3. The number of anilines is 1. The molecule has 36 heavy (non-hydrogen) atoms. The van der Waals surface area contributed by atoms with Gasteiger partial charge in [0.25, 0.3) is 0 Å². The molecule has 15 heteroatoms. The highest BCUT2D eigenvalue weighted by Gasteiger charge is 2.53. The molecule has 5 atom stereocenters. The molecule has 1 aromatic heterocycles. The van der Waals surface area contributed by atoms with Crippen LogP contribution >= 0.6 is 0 Å². The van der Waals surface area contributed by atoms with Crippen molar-refractivity contribution in [1.29, 1.82) is 0 Å².